The number of rotatable bonds is 2. The first-order chi connectivity index (χ1) is 13.5. The fourth-order valence-electron chi connectivity index (χ4n) is 4.68. The Balaban J connectivity index is 1.57. The van der Waals surface area contributed by atoms with Crippen molar-refractivity contribution < 1.29 is 5.11 Å². The molecule has 3 aromatic rings. The van der Waals surface area contributed by atoms with E-state index in [0.717, 1.165) is 36.9 Å². The maximum Gasteiger partial charge on any atom is 0.200 e. The third-order valence-corrected chi connectivity index (χ3v) is 6.32. The van der Waals surface area contributed by atoms with Gasteiger partial charge in [0.1, 0.15) is 17.4 Å². The lowest BCUT2D eigenvalue weighted by molar-refractivity contribution is 0.358. The average Bonchev–Trinajstić information content (AvgIpc) is 3.22. The second-order valence-electron chi connectivity index (χ2n) is 7.79. The number of phenols is 1. The molecule has 2 aromatic heterocycles. The lowest BCUT2D eigenvalue weighted by atomic mass is 9.93. The molecule has 2 atom stereocenters. The number of nitrogens with one attached hydrogen (secondary N) is 1. The predicted molar refractivity (Wildman–Crippen MR) is 110 cm³/mol. The molecule has 0 bridgehead atoms. The SMILES string of the molecule is Cc1cc(Cl)cc(O)c1-c1nc2nc(N3CCC4CCNCC43)cnc2n1C. The van der Waals surface area contributed by atoms with E-state index in [1.54, 1.807) is 0 Å². The zero-order valence-corrected chi connectivity index (χ0v) is 16.7. The number of benzene rings is 1. The summed E-state index contributed by atoms with van der Waals surface area (Å²) in [7, 11) is 1.89. The largest absolute Gasteiger partial charge is 0.507 e. The van der Waals surface area contributed by atoms with Gasteiger partial charge in [-0.1, -0.05) is 11.6 Å². The molecule has 0 radical (unpaired) electrons. The van der Waals surface area contributed by atoms with Gasteiger partial charge in [0, 0.05) is 31.2 Å². The number of aryl methyl sites for hydroxylation is 2. The molecule has 4 heterocycles. The number of fused-ring (bicyclic) bond motifs is 2. The Labute approximate surface area is 168 Å². The molecule has 0 saturated carbocycles. The number of anilines is 1. The Morgan fingerprint density at radius 1 is 1.25 bits per heavy atom. The van der Waals surface area contributed by atoms with Gasteiger partial charge in [-0.05, 0) is 49.9 Å². The second kappa shape index (κ2) is 6.60. The molecule has 28 heavy (non-hydrogen) atoms. The van der Waals surface area contributed by atoms with Crippen molar-refractivity contribution in [2.45, 2.75) is 25.8 Å². The summed E-state index contributed by atoms with van der Waals surface area (Å²) in [6, 6.07) is 3.84. The Hall–Kier alpha value is -2.38. The highest BCUT2D eigenvalue weighted by atomic mass is 35.5. The van der Waals surface area contributed by atoms with Crippen LogP contribution in [0.4, 0.5) is 5.82 Å². The van der Waals surface area contributed by atoms with Crippen LogP contribution in [0.15, 0.2) is 18.3 Å². The maximum atomic E-state index is 10.4. The molecule has 146 valence electrons. The number of hydrogen-bond donors (Lipinski definition) is 2. The molecule has 0 amide bonds. The molecule has 2 aliphatic heterocycles. The van der Waals surface area contributed by atoms with Gasteiger partial charge in [0.05, 0.1) is 11.8 Å². The van der Waals surface area contributed by atoms with Crippen LogP contribution in [0.2, 0.25) is 5.02 Å². The number of phenolic OH excluding ortho intramolecular Hbond substituents is 1. The summed E-state index contributed by atoms with van der Waals surface area (Å²) >= 11 is 6.05. The summed E-state index contributed by atoms with van der Waals surface area (Å²) < 4.78 is 1.87. The topological polar surface area (TPSA) is 79.1 Å². The van der Waals surface area contributed by atoms with E-state index >= 15 is 0 Å². The first-order valence-corrected chi connectivity index (χ1v) is 10.1. The van der Waals surface area contributed by atoms with Crippen molar-refractivity contribution in [3.63, 3.8) is 0 Å². The smallest absolute Gasteiger partial charge is 0.200 e. The summed E-state index contributed by atoms with van der Waals surface area (Å²) in [6.45, 7) is 5.02. The van der Waals surface area contributed by atoms with Gasteiger partial charge in [0.25, 0.3) is 0 Å². The Kier molecular flexibility index (Phi) is 4.17. The fraction of sp³-hybridized carbons (Fsp3) is 0.450. The van der Waals surface area contributed by atoms with Crippen LogP contribution in [0, 0.1) is 12.8 Å². The van der Waals surface area contributed by atoms with E-state index < -0.39 is 0 Å². The number of hydrogen-bond acceptors (Lipinski definition) is 6. The highest BCUT2D eigenvalue weighted by Gasteiger charge is 2.36. The molecule has 2 aliphatic rings. The minimum Gasteiger partial charge on any atom is -0.507 e. The van der Waals surface area contributed by atoms with Gasteiger partial charge in [0.2, 0.25) is 0 Å². The molecular weight excluding hydrogens is 376 g/mol. The zero-order valence-electron chi connectivity index (χ0n) is 16.0. The van der Waals surface area contributed by atoms with Gasteiger partial charge in [-0.2, -0.15) is 0 Å². The average molecular weight is 399 g/mol. The number of aromatic hydroxyl groups is 1. The third-order valence-electron chi connectivity index (χ3n) is 6.10. The van der Waals surface area contributed by atoms with Gasteiger partial charge < -0.3 is 19.9 Å². The molecule has 2 saturated heterocycles. The first-order valence-electron chi connectivity index (χ1n) is 9.69. The van der Waals surface area contributed by atoms with Crippen molar-refractivity contribution in [1.29, 1.82) is 0 Å². The van der Waals surface area contributed by atoms with Crippen LogP contribution in [0.25, 0.3) is 22.7 Å². The van der Waals surface area contributed by atoms with Crippen LogP contribution >= 0.6 is 11.6 Å². The molecule has 2 N–H and O–H groups in total. The van der Waals surface area contributed by atoms with Gasteiger partial charge in [-0.25, -0.2) is 15.0 Å². The quantitative estimate of drug-likeness (QED) is 0.691. The monoisotopic (exact) mass is 398 g/mol. The maximum absolute atomic E-state index is 10.4. The van der Waals surface area contributed by atoms with E-state index in [1.807, 2.05) is 30.8 Å². The van der Waals surface area contributed by atoms with Crippen LogP contribution < -0.4 is 10.2 Å². The van der Waals surface area contributed by atoms with Crippen LogP contribution in [0.3, 0.4) is 0 Å². The lowest BCUT2D eigenvalue weighted by Gasteiger charge is -2.32. The third kappa shape index (κ3) is 2.72. The van der Waals surface area contributed by atoms with E-state index in [-0.39, 0.29) is 5.75 Å². The number of nitrogens with zero attached hydrogens (tertiary/aromatic N) is 5. The predicted octanol–water partition coefficient (Wildman–Crippen LogP) is 2.89. The summed E-state index contributed by atoms with van der Waals surface area (Å²) in [4.78, 5) is 16.6. The van der Waals surface area contributed by atoms with Crippen LogP contribution in [0.1, 0.15) is 18.4 Å². The van der Waals surface area contributed by atoms with Gasteiger partial charge >= 0.3 is 0 Å². The van der Waals surface area contributed by atoms with Crippen molar-refractivity contribution in [2.75, 3.05) is 24.5 Å². The van der Waals surface area contributed by atoms with Crippen LogP contribution in [0.5, 0.6) is 5.75 Å². The van der Waals surface area contributed by atoms with Crippen molar-refractivity contribution >= 4 is 28.7 Å². The van der Waals surface area contributed by atoms with E-state index in [4.69, 9.17) is 21.6 Å². The minimum absolute atomic E-state index is 0.110. The van der Waals surface area contributed by atoms with Gasteiger partial charge in [-0.15, -0.1) is 0 Å². The highest BCUT2D eigenvalue weighted by Crippen LogP contribution is 2.36. The zero-order chi connectivity index (χ0) is 19.4. The number of aromatic nitrogens is 4. The minimum atomic E-state index is 0.110. The Morgan fingerprint density at radius 2 is 2.11 bits per heavy atom. The van der Waals surface area contributed by atoms with Gasteiger partial charge in [-0.3, -0.25) is 0 Å². The molecule has 1 aromatic carbocycles. The number of piperidine rings is 1. The van der Waals surface area contributed by atoms with Crippen molar-refractivity contribution in [1.82, 2.24) is 24.8 Å². The molecule has 5 rings (SSSR count). The van der Waals surface area contributed by atoms with E-state index in [2.05, 4.69) is 15.2 Å². The van der Waals surface area contributed by atoms with Crippen molar-refractivity contribution in [2.24, 2.45) is 13.0 Å². The second-order valence-corrected chi connectivity index (χ2v) is 8.23. The fourth-order valence-corrected chi connectivity index (χ4v) is 4.95. The first kappa shape index (κ1) is 17.7. The Morgan fingerprint density at radius 3 is 2.93 bits per heavy atom. The Bertz CT molecular complexity index is 1040. The van der Waals surface area contributed by atoms with Gasteiger partial charge in [0.15, 0.2) is 11.3 Å². The van der Waals surface area contributed by atoms with Crippen LogP contribution in [-0.2, 0) is 7.05 Å². The summed E-state index contributed by atoms with van der Waals surface area (Å²) in [6.07, 6.45) is 4.27. The molecular formula is C20H23ClN6O. The van der Waals surface area contributed by atoms with E-state index in [1.165, 1.54) is 18.9 Å². The molecule has 7 nitrogen and oxygen atoms in total. The summed E-state index contributed by atoms with van der Waals surface area (Å²) in [5.74, 6) is 2.36. The highest BCUT2D eigenvalue weighted by molar-refractivity contribution is 6.31. The van der Waals surface area contributed by atoms with Crippen molar-refractivity contribution in [3.05, 3.63) is 28.9 Å². The molecule has 2 unspecified atom stereocenters. The van der Waals surface area contributed by atoms with Crippen molar-refractivity contribution in [3.8, 4) is 17.1 Å². The normalized spacial score (nSPS) is 22.0. The number of imidazole rings is 1. The molecule has 2 fully saturated rings. The van der Waals surface area contributed by atoms with E-state index in [9.17, 15) is 5.11 Å². The van der Waals surface area contributed by atoms with E-state index in [0.29, 0.717) is 33.7 Å². The van der Waals surface area contributed by atoms with Crippen LogP contribution in [-0.4, -0.2) is 50.3 Å². The lowest BCUT2D eigenvalue weighted by Crippen LogP contribution is -2.46. The summed E-state index contributed by atoms with van der Waals surface area (Å²) in [5, 5.41) is 14.4. The molecule has 8 heteroatoms. The standard InChI is InChI=1S/C20H23ClN6O/c1-11-7-13(21)8-15(28)17(11)19-25-18-20(26(19)2)23-10-16(24-18)27-6-4-12-3-5-22-9-14(12)27/h7-8,10,12,14,22,28H,3-6,9H2,1-2H3. The number of halogens is 1. The molecule has 0 aliphatic carbocycles. The summed E-state index contributed by atoms with van der Waals surface area (Å²) in [5.41, 5.74) is 2.81. The molecule has 0 spiro atoms.